The van der Waals surface area contributed by atoms with Crippen molar-refractivity contribution < 1.29 is 42.3 Å². The smallest absolute Gasteiger partial charge is 0.327 e. The van der Waals surface area contributed by atoms with Crippen LogP contribution in [0, 0.1) is 6.26 Å². The largest absolute Gasteiger partial charge is 0.478 e. The van der Waals surface area contributed by atoms with E-state index in [0.717, 1.165) is 6.08 Å². The number of carbonyl (C=O) groups is 1. The van der Waals surface area contributed by atoms with Crippen LogP contribution in [0.15, 0.2) is 12.7 Å². The zero-order valence-electron chi connectivity index (χ0n) is 5.73. The van der Waals surface area contributed by atoms with Crippen LogP contribution in [0.5, 0.6) is 0 Å². The summed E-state index contributed by atoms with van der Waals surface area (Å²) in [4.78, 5) is 9.25. The average molecular weight is 233 g/mol. The normalized spacial score (nSPS) is 8.18. The molecule has 0 amide bonds. The van der Waals surface area contributed by atoms with Gasteiger partial charge in [-0.1, -0.05) is 6.58 Å². The van der Waals surface area contributed by atoms with E-state index in [1.54, 1.807) is 0 Å². The Morgan fingerprint density at radius 2 is 1.64 bits per heavy atom. The van der Waals surface area contributed by atoms with E-state index in [1.165, 1.54) is 0 Å². The Kier molecular flexibility index (Phi) is 12.1. The first-order chi connectivity index (χ1) is 4.27. The summed E-state index contributed by atoms with van der Waals surface area (Å²) in [5.74, 6) is -0.981. The molecule has 0 aliphatic carbocycles. The van der Waals surface area contributed by atoms with Gasteiger partial charge in [-0.15, -0.1) is 0 Å². The molecule has 0 aromatic carbocycles. The first-order valence-corrected chi connectivity index (χ1v) is 3.54. The van der Waals surface area contributed by atoms with Crippen LogP contribution in [0.4, 0.5) is 0 Å². The fourth-order valence-electron chi connectivity index (χ4n) is 0. The van der Waals surface area contributed by atoms with Gasteiger partial charge in [-0.25, -0.2) is 13.2 Å². The van der Waals surface area contributed by atoms with Gasteiger partial charge in [-0.3, -0.25) is 0 Å². The van der Waals surface area contributed by atoms with Gasteiger partial charge in [0.25, 0.3) is 0 Å². The van der Waals surface area contributed by atoms with E-state index in [2.05, 4.69) is 12.8 Å². The van der Waals surface area contributed by atoms with Crippen molar-refractivity contribution in [3.8, 4) is 0 Å². The maximum Gasteiger partial charge on any atom is 0.327 e. The molecule has 2 N–H and O–H groups in total. The number of hydrogen-bond donors (Lipinski definition) is 2. The topological polar surface area (TPSA) is 91.7 Å². The Bertz CT molecular complexity index is 199. The molecule has 5 nitrogen and oxygen atoms in total. The molecule has 0 heterocycles. The van der Waals surface area contributed by atoms with Crippen LogP contribution >= 0.6 is 0 Å². The molecule has 0 aliphatic heterocycles. The van der Waals surface area contributed by atoms with Gasteiger partial charge in [0.05, 0.1) is 0 Å². The Morgan fingerprint density at radius 3 is 1.64 bits per heavy atom. The molecule has 0 unspecified atom stereocenters. The summed E-state index contributed by atoms with van der Waals surface area (Å²) < 4.78 is 25.5. The van der Waals surface area contributed by atoms with Crippen LogP contribution in [0.3, 0.4) is 0 Å². The van der Waals surface area contributed by atoms with Gasteiger partial charge in [0.2, 0.25) is 0 Å². The van der Waals surface area contributed by atoms with Crippen molar-refractivity contribution in [3.05, 3.63) is 18.9 Å². The van der Waals surface area contributed by atoms with E-state index < -0.39 is 16.1 Å². The third-order valence-electron chi connectivity index (χ3n) is 0.175. The molecule has 0 spiro atoms. The van der Waals surface area contributed by atoms with Crippen LogP contribution in [0.1, 0.15) is 0 Å². The van der Waals surface area contributed by atoms with Gasteiger partial charge in [-0.2, -0.15) is 6.26 Å². The summed E-state index contributed by atoms with van der Waals surface area (Å²) in [7, 11) is -3.92. The van der Waals surface area contributed by atoms with Crippen molar-refractivity contribution >= 4 is 16.1 Å². The van der Waals surface area contributed by atoms with Gasteiger partial charge >= 0.3 is 5.97 Å². The van der Waals surface area contributed by atoms with Crippen molar-refractivity contribution in [1.82, 2.24) is 0 Å². The maximum atomic E-state index is 9.25. The van der Waals surface area contributed by atoms with Gasteiger partial charge in [0.15, 0.2) is 0 Å². The van der Waals surface area contributed by atoms with Gasteiger partial charge in [0.1, 0.15) is 10.1 Å². The van der Waals surface area contributed by atoms with Crippen LogP contribution in [-0.4, -0.2) is 24.0 Å². The number of hydrogen-bond acceptors (Lipinski definition) is 3. The molecular formula is C4H7O5SZn-. The SMILES string of the molecule is C=CC(=O)O.[CH2-]S(=O)(=O)O.[Zn]. The molecule has 62 valence electrons. The Balaban J connectivity index is -0.000000107. The van der Waals surface area contributed by atoms with Crippen molar-refractivity contribution in [2.45, 2.75) is 0 Å². The molecular weight excluding hydrogens is 225 g/mol. The molecule has 0 saturated carbocycles. The fraction of sp³-hybridized carbons (Fsp3) is 0. The second kappa shape index (κ2) is 7.85. The molecule has 0 aromatic heterocycles. The van der Waals surface area contributed by atoms with Gasteiger partial charge < -0.3 is 9.66 Å². The first kappa shape index (κ1) is 17.0. The number of carboxylic acids is 1. The van der Waals surface area contributed by atoms with E-state index in [4.69, 9.17) is 18.1 Å². The van der Waals surface area contributed by atoms with Crippen molar-refractivity contribution in [2.24, 2.45) is 0 Å². The summed E-state index contributed by atoms with van der Waals surface area (Å²) in [6, 6.07) is 0. The van der Waals surface area contributed by atoms with Crippen molar-refractivity contribution in [2.75, 3.05) is 0 Å². The van der Waals surface area contributed by atoms with Gasteiger partial charge in [0, 0.05) is 25.6 Å². The predicted molar refractivity (Wildman–Crippen MR) is 34.7 cm³/mol. The molecule has 0 bridgehead atoms. The predicted octanol–water partition coefficient (Wildman–Crippen LogP) is -0.0797. The van der Waals surface area contributed by atoms with Crippen molar-refractivity contribution in [1.29, 1.82) is 0 Å². The van der Waals surface area contributed by atoms with E-state index in [-0.39, 0.29) is 19.5 Å². The minimum atomic E-state index is -3.92. The molecule has 0 radical (unpaired) electrons. The molecule has 0 saturated heterocycles. The molecule has 0 aromatic rings. The first-order valence-electron chi connectivity index (χ1n) is 1.93. The molecule has 0 aliphatic rings. The third-order valence-corrected chi connectivity index (χ3v) is 0.175. The minimum absolute atomic E-state index is 0. The summed E-state index contributed by atoms with van der Waals surface area (Å²) in [6.07, 6.45) is 3.13. The number of carboxylic acid groups (broad SMARTS) is 1. The van der Waals surface area contributed by atoms with E-state index >= 15 is 0 Å². The van der Waals surface area contributed by atoms with Gasteiger partial charge in [-0.05, 0) is 0 Å². The summed E-state index contributed by atoms with van der Waals surface area (Å²) >= 11 is 0. The van der Waals surface area contributed by atoms with Crippen LogP contribution < -0.4 is 0 Å². The van der Waals surface area contributed by atoms with Crippen molar-refractivity contribution in [3.63, 3.8) is 0 Å². The summed E-state index contributed by atoms with van der Waals surface area (Å²) in [6.45, 7) is 2.96. The molecule has 0 fully saturated rings. The van der Waals surface area contributed by atoms with E-state index in [9.17, 15) is 4.79 Å². The van der Waals surface area contributed by atoms with Crippen LogP contribution in [0.2, 0.25) is 0 Å². The van der Waals surface area contributed by atoms with E-state index in [0.29, 0.717) is 0 Å². The Hall–Kier alpha value is -0.257. The molecule has 7 heteroatoms. The second-order valence-corrected chi connectivity index (χ2v) is 2.29. The van der Waals surface area contributed by atoms with Crippen LogP contribution in [0.25, 0.3) is 0 Å². The quantitative estimate of drug-likeness (QED) is 0.286. The molecule has 0 atom stereocenters. The minimum Gasteiger partial charge on any atom is -0.478 e. The van der Waals surface area contributed by atoms with Crippen LogP contribution in [-0.2, 0) is 34.4 Å². The Morgan fingerprint density at radius 1 is 1.55 bits per heavy atom. The third kappa shape index (κ3) is 192. The number of rotatable bonds is 1. The zero-order chi connectivity index (χ0) is 8.78. The standard InChI is InChI=1S/C3H4O2.CH3O3S.Zn/c1-2-3(4)5;1-5(2,3)4;/h2H,1H2,(H,4,5);1H2,(H,2,3,4);/q;-1;. The van der Waals surface area contributed by atoms with E-state index in [1.807, 2.05) is 0 Å². The Labute approximate surface area is 77.6 Å². The monoisotopic (exact) mass is 231 g/mol. The fourth-order valence-corrected chi connectivity index (χ4v) is 0. The molecule has 0 rings (SSSR count). The number of aliphatic carboxylic acids is 1. The molecule has 11 heavy (non-hydrogen) atoms. The second-order valence-electron chi connectivity index (χ2n) is 1.12. The maximum absolute atomic E-state index is 9.25. The zero-order valence-corrected chi connectivity index (χ0v) is 9.51. The summed E-state index contributed by atoms with van der Waals surface area (Å²) in [5, 5.41) is 7.60. The average Bonchev–Trinajstić information content (AvgIpc) is 1.61. The summed E-state index contributed by atoms with van der Waals surface area (Å²) in [5.41, 5.74) is 0.